The average molecular weight is 258 g/mol. The Morgan fingerprint density at radius 3 is 2.71 bits per heavy atom. The second kappa shape index (κ2) is 4.41. The first-order chi connectivity index (χ1) is 8.00. The first-order valence-electron chi connectivity index (χ1n) is 5.25. The number of hydrogen-bond acceptors (Lipinski definition) is 3. The van der Waals surface area contributed by atoms with Gasteiger partial charge in [-0.2, -0.15) is 0 Å². The Balaban J connectivity index is 2.13. The van der Waals surface area contributed by atoms with Crippen LogP contribution in [-0.4, -0.2) is 35.0 Å². The molecular weight excluding hydrogens is 246 g/mol. The van der Waals surface area contributed by atoms with E-state index in [0.29, 0.717) is 6.54 Å². The summed E-state index contributed by atoms with van der Waals surface area (Å²) in [5.41, 5.74) is 0.282. The first-order valence-corrected chi connectivity index (χ1v) is 5.63. The second-order valence-corrected chi connectivity index (χ2v) is 4.58. The van der Waals surface area contributed by atoms with E-state index in [9.17, 15) is 9.59 Å². The van der Waals surface area contributed by atoms with E-state index < -0.39 is 11.9 Å². The lowest BCUT2D eigenvalue weighted by molar-refractivity contribution is -0.142. The van der Waals surface area contributed by atoms with E-state index in [1.54, 1.807) is 0 Å². The molecule has 1 amide bonds. The van der Waals surface area contributed by atoms with Crippen LogP contribution in [0.5, 0.6) is 0 Å². The molecule has 6 heteroatoms. The van der Waals surface area contributed by atoms with Crippen LogP contribution in [0.15, 0.2) is 16.7 Å². The number of amides is 1. The van der Waals surface area contributed by atoms with Gasteiger partial charge in [0.1, 0.15) is 0 Å². The maximum Gasteiger partial charge on any atom is 0.308 e. The van der Waals surface area contributed by atoms with Crippen LogP contribution in [0.3, 0.4) is 0 Å². The maximum absolute atomic E-state index is 12.0. The van der Waals surface area contributed by atoms with Crippen molar-refractivity contribution in [2.45, 2.75) is 6.92 Å². The molecule has 2 atom stereocenters. The molecule has 1 fully saturated rings. The Kier molecular flexibility index (Phi) is 3.11. The molecule has 0 spiro atoms. The number of carboxylic acids is 1. The fourth-order valence-corrected chi connectivity index (χ4v) is 2.27. The van der Waals surface area contributed by atoms with Crippen LogP contribution in [0.4, 0.5) is 0 Å². The van der Waals surface area contributed by atoms with E-state index in [1.165, 1.54) is 17.2 Å². The monoisotopic (exact) mass is 257 g/mol. The Morgan fingerprint density at radius 2 is 2.24 bits per heavy atom. The van der Waals surface area contributed by atoms with E-state index in [0.717, 1.165) is 0 Å². The van der Waals surface area contributed by atoms with Crippen LogP contribution in [-0.2, 0) is 4.79 Å². The number of carboxylic acid groups (broad SMARTS) is 1. The van der Waals surface area contributed by atoms with Crippen LogP contribution < -0.4 is 0 Å². The van der Waals surface area contributed by atoms with Crippen LogP contribution >= 0.6 is 11.6 Å². The van der Waals surface area contributed by atoms with Gasteiger partial charge in [0, 0.05) is 13.1 Å². The smallest absolute Gasteiger partial charge is 0.308 e. The summed E-state index contributed by atoms with van der Waals surface area (Å²) in [5, 5.41) is 9.03. The van der Waals surface area contributed by atoms with Gasteiger partial charge in [0.25, 0.3) is 5.91 Å². The molecule has 0 saturated carbocycles. The highest BCUT2D eigenvalue weighted by Crippen LogP contribution is 2.26. The number of rotatable bonds is 2. The molecule has 1 aliphatic heterocycles. The van der Waals surface area contributed by atoms with Gasteiger partial charge in [-0.25, -0.2) is 0 Å². The zero-order valence-electron chi connectivity index (χ0n) is 9.22. The van der Waals surface area contributed by atoms with Gasteiger partial charge in [0.2, 0.25) is 5.22 Å². The van der Waals surface area contributed by atoms with Crippen molar-refractivity contribution in [2.75, 3.05) is 13.1 Å². The Labute approximate surface area is 103 Å². The molecule has 0 radical (unpaired) electrons. The third kappa shape index (κ3) is 2.15. The fourth-order valence-electron chi connectivity index (χ4n) is 2.07. The van der Waals surface area contributed by atoms with Gasteiger partial charge in [-0.1, -0.05) is 6.92 Å². The summed E-state index contributed by atoms with van der Waals surface area (Å²) in [7, 11) is 0. The van der Waals surface area contributed by atoms with Crippen molar-refractivity contribution in [2.24, 2.45) is 11.8 Å². The highest BCUT2D eigenvalue weighted by molar-refractivity contribution is 6.32. The summed E-state index contributed by atoms with van der Waals surface area (Å²) in [6, 6.07) is 1.49. The second-order valence-electron chi connectivity index (χ2n) is 4.24. The summed E-state index contributed by atoms with van der Waals surface area (Å²) in [5.74, 6) is -1.71. The largest absolute Gasteiger partial charge is 0.481 e. The molecule has 2 heterocycles. The molecule has 2 unspecified atom stereocenters. The molecule has 1 N–H and O–H groups in total. The number of carbonyl (C=O) groups excluding carboxylic acids is 1. The first kappa shape index (κ1) is 12.0. The van der Waals surface area contributed by atoms with Gasteiger partial charge in [0.05, 0.1) is 17.7 Å². The summed E-state index contributed by atoms with van der Waals surface area (Å²) < 4.78 is 4.85. The number of halogens is 1. The number of hydrogen-bond donors (Lipinski definition) is 1. The molecular formula is C11H12ClNO4. The zero-order chi connectivity index (χ0) is 12.6. The van der Waals surface area contributed by atoms with Crippen molar-refractivity contribution in [3.8, 4) is 0 Å². The van der Waals surface area contributed by atoms with Gasteiger partial charge >= 0.3 is 5.97 Å². The molecule has 2 rings (SSSR count). The lowest BCUT2D eigenvalue weighted by atomic mass is 9.99. The van der Waals surface area contributed by atoms with Crippen LogP contribution in [0, 0.1) is 11.8 Å². The minimum Gasteiger partial charge on any atom is -0.481 e. The third-order valence-corrected chi connectivity index (χ3v) is 3.36. The minimum absolute atomic E-state index is 0.0430. The van der Waals surface area contributed by atoms with Gasteiger partial charge in [0.15, 0.2) is 0 Å². The highest BCUT2D eigenvalue weighted by Gasteiger charge is 2.37. The predicted octanol–water partition coefficient (Wildman–Crippen LogP) is 1.73. The normalized spacial score (nSPS) is 24.0. The molecule has 1 aromatic rings. The summed E-state index contributed by atoms with van der Waals surface area (Å²) in [4.78, 5) is 24.5. The number of carbonyl (C=O) groups is 2. The molecule has 5 nitrogen and oxygen atoms in total. The zero-order valence-corrected chi connectivity index (χ0v) is 9.98. The van der Waals surface area contributed by atoms with Crippen LogP contribution in [0.2, 0.25) is 5.22 Å². The lowest BCUT2D eigenvalue weighted by Gasteiger charge is -2.14. The van der Waals surface area contributed by atoms with Crippen molar-refractivity contribution < 1.29 is 19.1 Å². The third-order valence-electron chi connectivity index (χ3n) is 3.07. The van der Waals surface area contributed by atoms with Crippen molar-refractivity contribution in [1.29, 1.82) is 0 Å². The Morgan fingerprint density at radius 1 is 1.53 bits per heavy atom. The molecule has 0 bridgehead atoms. The molecule has 0 aromatic carbocycles. The van der Waals surface area contributed by atoms with Crippen molar-refractivity contribution in [3.05, 3.63) is 23.1 Å². The van der Waals surface area contributed by atoms with Gasteiger partial charge in [-0.05, 0) is 23.6 Å². The Bertz CT molecular complexity index is 456. The minimum atomic E-state index is -0.869. The maximum atomic E-state index is 12.0. The Hall–Kier alpha value is -1.49. The summed E-state index contributed by atoms with van der Waals surface area (Å²) >= 11 is 5.72. The van der Waals surface area contributed by atoms with Crippen molar-refractivity contribution in [3.63, 3.8) is 0 Å². The van der Waals surface area contributed by atoms with Gasteiger partial charge in [-0.3, -0.25) is 9.59 Å². The van der Waals surface area contributed by atoms with E-state index in [2.05, 4.69) is 0 Å². The molecule has 1 aromatic heterocycles. The molecule has 1 saturated heterocycles. The number of aliphatic carboxylic acids is 1. The molecule has 1 aliphatic rings. The average Bonchev–Trinajstić information content (AvgIpc) is 2.83. The number of nitrogens with zero attached hydrogens (tertiary/aromatic N) is 1. The standard InChI is InChI=1S/C11H12ClNO4/c1-6-4-13(5-8(6)11(15)16)10(14)7-2-3-17-9(7)12/h2-3,6,8H,4-5H2,1H3,(H,15,16). The SMILES string of the molecule is CC1CN(C(=O)c2ccoc2Cl)CC1C(=O)O. The highest BCUT2D eigenvalue weighted by atomic mass is 35.5. The molecule has 0 aliphatic carbocycles. The fraction of sp³-hybridized carbons (Fsp3) is 0.455. The van der Waals surface area contributed by atoms with E-state index in [4.69, 9.17) is 21.1 Å². The van der Waals surface area contributed by atoms with Crippen LogP contribution in [0.1, 0.15) is 17.3 Å². The van der Waals surface area contributed by atoms with Crippen molar-refractivity contribution >= 4 is 23.5 Å². The van der Waals surface area contributed by atoms with Gasteiger partial charge in [-0.15, -0.1) is 0 Å². The topological polar surface area (TPSA) is 70.8 Å². The molecule has 17 heavy (non-hydrogen) atoms. The van der Waals surface area contributed by atoms with E-state index >= 15 is 0 Å². The molecule has 92 valence electrons. The number of furan rings is 1. The summed E-state index contributed by atoms with van der Waals surface area (Å²) in [6.07, 6.45) is 1.34. The van der Waals surface area contributed by atoms with Crippen LogP contribution in [0.25, 0.3) is 0 Å². The lowest BCUT2D eigenvalue weighted by Crippen LogP contribution is -2.29. The number of likely N-dealkylation sites (tertiary alicyclic amines) is 1. The van der Waals surface area contributed by atoms with E-state index in [-0.39, 0.29) is 29.2 Å². The van der Waals surface area contributed by atoms with Gasteiger partial charge < -0.3 is 14.4 Å². The van der Waals surface area contributed by atoms with E-state index in [1.807, 2.05) is 6.92 Å². The predicted molar refractivity (Wildman–Crippen MR) is 59.9 cm³/mol. The van der Waals surface area contributed by atoms with Crippen molar-refractivity contribution in [1.82, 2.24) is 4.90 Å². The summed E-state index contributed by atoms with van der Waals surface area (Å²) in [6.45, 7) is 2.47. The quantitative estimate of drug-likeness (QED) is 0.876.